The molecule has 2 aromatic carbocycles. The summed E-state index contributed by atoms with van der Waals surface area (Å²) in [7, 11) is 0. The lowest BCUT2D eigenvalue weighted by atomic mass is 10.0. The molecule has 0 spiro atoms. The smallest absolute Gasteiger partial charge is 0.0914 e. The minimum Gasteiger partial charge on any atom is -0.395 e. The van der Waals surface area contributed by atoms with E-state index < -0.39 is 6.10 Å². The number of nitrogens with one attached hydrogen (secondary N) is 1. The van der Waals surface area contributed by atoms with Crippen molar-refractivity contribution in [2.45, 2.75) is 6.10 Å². The lowest BCUT2D eigenvalue weighted by Crippen LogP contribution is -2.24. The summed E-state index contributed by atoms with van der Waals surface area (Å²) < 4.78 is 0. The van der Waals surface area contributed by atoms with Crippen molar-refractivity contribution in [2.24, 2.45) is 0 Å². The van der Waals surface area contributed by atoms with E-state index in [2.05, 4.69) is 11.4 Å². The van der Waals surface area contributed by atoms with Gasteiger partial charge in [0, 0.05) is 13.1 Å². The van der Waals surface area contributed by atoms with E-state index in [1.807, 2.05) is 36.4 Å². The predicted octanol–water partition coefficient (Wildman–Crippen LogP) is 1.46. The molecule has 1 unspecified atom stereocenters. The fraction of sp³-hybridized carbons (Fsp3) is 0.286. The van der Waals surface area contributed by atoms with Crippen molar-refractivity contribution in [3.8, 4) is 0 Å². The summed E-state index contributed by atoms with van der Waals surface area (Å²) in [6.07, 6.45) is -0.536. The first-order valence-electron chi connectivity index (χ1n) is 5.79. The first-order valence-corrected chi connectivity index (χ1v) is 5.79. The van der Waals surface area contributed by atoms with Gasteiger partial charge in [-0.2, -0.15) is 0 Å². The van der Waals surface area contributed by atoms with Gasteiger partial charge in [0.1, 0.15) is 0 Å². The number of fused-ring (bicyclic) bond motifs is 1. The van der Waals surface area contributed by atoms with Crippen molar-refractivity contribution in [2.75, 3.05) is 19.7 Å². The molecule has 0 aliphatic carbocycles. The summed E-state index contributed by atoms with van der Waals surface area (Å²) in [5.74, 6) is 0. The second-order valence-electron chi connectivity index (χ2n) is 4.05. The first kappa shape index (κ1) is 12.0. The molecule has 0 amide bonds. The molecule has 0 saturated heterocycles. The molecule has 0 aliphatic rings. The summed E-state index contributed by atoms with van der Waals surface area (Å²) in [4.78, 5) is 0. The van der Waals surface area contributed by atoms with Gasteiger partial charge in [-0.1, -0.05) is 36.4 Å². The number of benzene rings is 2. The van der Waals surface area contributed by atoms with Gasteiger partial charge in [0.25, 0.3) is 0 Å². The van der Waals surface area contributed by atoms with Crippen LogP contribution in [0.5, 0.6) is 0 Å². The maximum atomic E-state index is 9.96. The third-order valence-corrected chi connectivity index (χ3v) is 2.78. The molecule has 0 aromatic heterocycles. The summed E-state index contributed by atoms with van der Waals surface area (Å²) >= 11 is 0. The van der Waals surface area contributed by atoms with Crippen molar-refractivity contribution in [1.82, 2.24) is 5.32 Å². The van der Waals surface area contributed by atoms with Crippen LogP contribution in [0.15, 0.2) is 42.5 Å². The number of hydrogen-bond acceptors (Lipinski definition) is 3. The summed E-state index contributed by atoms with van der Waals surface area (Å²) in [6, 6.07) is 14.0. The first-order chi connectivity index (χ1) is 8.31. The van der Waals surface area contributed by atoms with Crippen LogP contribution in [-0.2, 0) is 0 Å². The maximum absolute atomic E-state index is 9.96. The highest BCUT2D eigenvalue weighted by molar-refractivity contribution is 5.83. The van der Waals surface area contributed by atoms with Crippen molar-refractivity contribution < 1.29 is 10.2 Å². The Labute approximate surface area is 101 Å². The maximum Gasteiger partial charge on any atom is 0.0914 e. The molecule has 0 heterocycles. The molecule has 3 N–H and O–H groups in total. The summed E-state index contributed by atoms with van der Waals surface area (Å²) in [6.45, 7) is 1.05. The molecule has 3 heteroatoms. The second kappa shape index (κ2) is 5.77. The van der Waals surface area contributed by atoms with Gasteiger partial charge in [-0.3, -0.25) is 0 Å². The second-order valence-corrected chi connectivity index (χ2v) is 4.05. The highest BCUT2D eigenvalue weighted by atomic mass is 16.3. The zero-order valence-corrected chi connectivity index (χ0v) is 9.63. The summed E-state index contributed by atoms with van der Waals surface area (Å²) in [5, 5.41) is 23.9. The van der Waals surface area contributed by atoms with E-state index in [9.17, 15) is 5.11 Å². The van der Waals surface area contributed by atoms with E-state index in [0.29, 0.717) is 13.1 Å². The molecule has 2 rings (SSSR count). The van der Waals surface area contributed by atoms with Crippen LogP contribution >= 0.6 is 0 Å². The van der Waals surface area contributed by atoms with E-state index in [-0.39, 0.29) is 6.61 Å². The van der Waals surface area contributed by atoms with E-state index in [1.165, 1.54) is 5.39 Å². The number of rotatable bonds is 5. The van der Waals surface area contributed by atoms with Gasteiger partial charge in [0.2, 0.25) is 0 Å². The average Bonchev–Trinajstić information content (AvgIpc) is 2.38. The molecule has 90 valence electrons. The Bertz CT molecular complexity index is 484. The lowest BCUT2D eigenvalue weighted by molar-refractivity contribution is 0.171. The SMILES string of the molecule is OCCNCC(O)c1ccc2ccccc2c1. The normalized spacial score (nSPS) is 12.8. The Balaban J connectivity index is 2.12. The Morgan fingerprint density at radius 2 is 1.82 bits per heavy atom. The van der Waals surface area contributed by atoms with Crippen LogP contribution < -0.4 is 5.32 Å². The molecule has 17 heavy (non-hydrogen) atoms. The molecule has 0 radical (unpaired) electrons. The Morgan fingerprint density at radius 3 is 2.59 bits per heavy atom. The van der Waals surface area contributed by atoms with Gasteiger partial charge in [-0.05, 0) is 22.4 Å². The quantitative estimate of drug-likeness (QED) is 0.683. The third-order valence-electron chi connectivity index (χ3n) is 2.78. The standard InChI is InChI=1S/C14H17NO2/c16-8-7-15-10-14(17)13-6-5-11-3-1-2-4-12(11)9-13/h1-6,9,14-17H,7-8,10H2. The van der Waals surface area contributed by atoms with E-state index in [0.717, 1.165) is 10.9 Å². The van der Waals surface area contributed by atoms with Crippen molar-refractivity contribution in [3.05, 3.63) is 48.0 Å². The van der Waals surface area contributed by atoms with E-state index in [4.69, 9.17) is 5.11 Å². The molecule has 0 bridgehead atoms. The van der Waals surface area contributed by atoms with Crippen molar-refractivity contribution in [3.63, 3.8) is 0 Å². The Morgan fingerprint density at radius 1 is 1.06 bits per heavy atom. The molecular weight excluding hydrogens is 214 g/mol. The molecule has 0 fully saturated rings. The zero-order chi connectivity index (χ0) is 12.1. The van der Waals surface area contributed by atoms with Gasteiger partial charge in [0.15, 0.2) is 0 Å². The lowest BCUT2D eigenvalue weighted by Gasteiger charge is -2.12. The minimum absolute atomic E-state index is 0.0877. The average molecular weight is 231 g/mol. The van der Waals surface area contributed by atoms with Crippen LogP contribution in [0, 0.1) is 0 Å². The molecule has 0 aliphatic heterocycles. The molecule has 1 atom stereocenters. The van der Waals surface area contributed by atoms with E-state index in [1.54, 1.807) is 0 Å². The van der Waals surface area contributed by atoms with Crippen molar-refractivity contribution in [1.29, 1.82) is 0 Å². The van der Waals surface area contributed by atoms with Crippen LogP contribution in [0.1, 0.15) is 11.7 Å². The molecule has 3 nitrogen and oxygen atoms in total. The highest BCUT2D eigenvalue weighted by Crippen LogP contribution is 2.19. The topological polar surface area (TPSA) is 52.5 Å². The summed E-state index contributed by atoms with van der Waals surface area (Å²) in [5.41, 5.74) is 0.897. The van der Waals surface area contributed by atoms with Gasteiger partial charge in [0.05, 0.1) is 12.7 Å². The van der Waals surface area contributed by atoms with Gasteiger partial charge in [-0.25, -0.2) is 0 Å². The van der Waals surface area contributed by atoms with E-state index >= 15 is 0 Å². The zero-order valence-electron chi connectivity index (χ0n) is 9.63. The van der Waals surface area contributed by atoms with Crippen LogP contribution in [0.3, 0.4) is 0 Å². The molecule has 2 aromatic rings. The number of aliphatic hydroxyl groups excluding tert-OH is 2. The van der Waals surface area contributed by atoms with Crippen molar-refractivity contribution >= 4 is 10.8 Å². The largest absolute Gasteiger partial charge is 0.395 e. The number of aliphatic hydroxyl groups is 2. The van der Waals surface area contributed by atoms with Crippen LogP contribution in [0.2, 0.25) is 0 Å². The van der Waals surface area contributed by atoms with Crippen LogP contribution in [-0.4, -0.2) is 29.9 Å². The number of hydrogen-bond donors (Lipinski definition) is 3. The van der Waals surface area contributed by atoms with Crippen LogP contribution in [0.4, 0.5) is 0 Å². The van der Waals surface area contributed by atoms with Gasteiger partial charge in [-0.15, -0.1) is 0 Å². The van der Waals surface area contributed by atoms with Crippen LogP contribution in [0.25, 0.3) is 10.8 Å². The highest BCUT2D eigenvalue weighted by Gasteiger charge is 2.07. The third kappa shape index (κ3) is 3.03. The molecular formula is C14H17NO2. The molecule has 0 saturated carbocycles. The van der Waals surface area contributed by atoms with Gasteiger partial charge < -0.3 is 15.5 Å². The fourth-order valence-electron chi connectivity index (χ4n) is 1.85. The van der Waals surface area contributed by atoms with Gasteiger partial charge >= 0.3 is 0 Å². The minimum atomic E-state index is -0.536. The monoisotopic (exact) mass is 231 g/mol. The Kier molecular flexibility index (Phi) is 4.09. The predicted molar refractivity (Wildman–Crippen MR) is 68.9 cm³/mol. The Hall–Kier alpha value is -1.42. The fourth-order valence-corrected chi connectivity index (χ4v) is 1.85.